The lowest BCUT2D eigenvalue weighted by Gasteiger charge is -2.52. The molecule has 0 N–H and O–H groups in total. The Morgan fingerprint density at radius 2 is 0.930 bits per heavy atom. The molecule has 4 aromatic rings. The van der Waals surface area contributed by atoms with E-state index in [-0.39, 0.29) is 23.3 Å². The van der Waals surface area contributed by atoms with E-state index in [1.54, 1.807) is 0 Å². The number of carbonyl (C=O) groups is 1. The summed E-state index contributed by atoms with van der Waals surface area (Å²) in [5.74, 6) is 0.261. The van der Waals surface area contributed by atoms with E-state index in [0.717, 1.165) is 38.0 Å². The molecule has 0 bridgehead atoms. The fourth-order valence-electron chi connectivity index (χ4n) is 7.89. The zero-order valence-electron chi connectivity index (χ0n) is 25.2. The molecule has 7 rings (SSSR count). The monoisotopic (exact) mass is 564 g/mol. The third kappa shape index (κ3) is 5.33. The van der Waals surface area contributed by atoms with Gasteiger partial charge in [-0.15, -0.1) is 0 Å². The first-order valence-corrected chi connectivity index (χ1v) is 15.6. The van der Waals surface area contributed by atoms with Crippen LogP contribution in [0.3, 0.4) is 0 Å². The molecule has 0 amide bonds. The Bertz CT molecular complexity index is 1570. The number of hydrogen-bond donors (Lipinski definition) is 0. The van der Waals surface area contributed by atoms with Gasteiger partial charge in [0, 0.05) is 25.0 Å². The van der Waals surface area contributed by atoms with Crippen molar-refractivity contribution in [1.29, 1.82) is 0 Å². The summed E-state index contributed by atoms with van der Waals surface area (Å²) in [5, 5.41) is 0. The number of rotatable bonds is 6. The molecule has 1 spiro atoms. The van der Waals surface area contributed by atoms with Gasteiger partial charge in [0.1, 0.15) is 0 Å². The lowest BCUT2D eigenvalue weighted by Crippen LogP contribution is -2.56. The summed E-state index contributed by atoms with van der Waals surface area (Å²) >= 11 is 0. The Kier molecular flexibility index (Phi) is 7.46. The van der Waals surface area contributed by atoms with Gasteiger partial charge in [-0.2, -0.15) is 0 Å². The van der Waals surface area contributed by atoms with E-state index in [2.05, 4.69) is 145 Å². The summed E-state index contributed by atoms with van der Waals surface area (Å²) in [6, 6.07) is 43.4. The molecule has 1 saturated heterocycles. The van der Waals surface area contributed by atoms with Gasteiger partial charge in [0.15, 0.2) is 5.78 Å². The minimum absolute atomic E-state index is 0.0308. The predicted molar refractivity (Wildman–Crippen MR) is 175 cm³/mol. The normalized spacial score (nSPS) is 19.1. The minimum Gasteiger partial charge on any atom is -0.293 e. The van der Waals surface area contributed by atoms with Gasteiger partial charge in [0.25, 0.3) is 0 Å². The van der Waals surface area contributed by atoms with Crippen LogP contribution in [0.2, 0.25) is 0 Å². The van der Waals surface area contributed by atoms with Crippen LogP contribution < -0.4 is 0 Å². The molecule has 0 unspecified atom stereocenters. The molecule has 0 radical (unpaired) electrons. The number of Topliss-reactive ketones (excluding diaryl/α,β-unsaturated/α-hetero) is 1. The van der Waals surface area contributed by atoms with Crippen LogP contribution >= 0.6 is 0 Å². The van der Waals surface area contributed by atoms with Gasteiger partial charge >= 0.3 is 0 Å². The highest BCUT2D eigenvalue weighted by molar-refractivity contribution is 5.98. The molecule has 0 aromatic heterocycles. The summed E-state index contributed by atoms with van der Waals surface area (Å²) in [5.41, 5.74) is 10.5. The second-order valence-electron chi connectivity index (χ2n) is 12.9. The standard InChI is InChI=1S/C40H40N2O/c1-29-25-41(38(31-15-7-3-8-16-31)32-17-9-4-10-18-32)26-37(43)30(2)36-24-40(23-35(29)36)27-42(28-40)39(33-19-11-5-12-20-33)34-21-13-6-14-22-34/h3-22,38-39H,23-28H2,1-2H3. The first-order valence-electron chi connectivity index (χ1n) is 15.6. The van der Waals surface area contributed by atoms with Crippen LogP contribution in [0.1, 0.15) is 61.0 Å². The summed E-state index contributed by atoms with van der Waals surface area (Å²) in [7, 11) is 0. The lowest BCUT2D eigenvalue weighted by atomic mass is 9.75. The van der Waals surface area contributed by atoms with Crippen molar-refractivity contribution in [3.63, 3.8) is 0 Å². The third-order valence-electron chi connectivity index (χ3n) is 9.91. The Morgan fingerprint density at radius 3 is 1.37 bits per heavy atom. The van der Waals surface area contributed by atoms with Crippen LogP contribution in [0.15, 0.2) is 144 Å². The predicted octanol–water partition coefficient (Wildman–Crippen LogP) is 8.18. The lowest BCUT2D eigenvalue weighted by molar-refractivity contribution is -0.117. The number of ketones is 1. The third-order valence-corrected chi connectivity index (χ3v) is 9.91. The van der Waals surface area contributed by atoms with E-state index in [1.807, 2.05) is 0 Å². The highest BCUT2D eigenvalue weighted by atomic mass is 16.1. The van der Waals surface area contributed by atoms with E-state index in [0.29, 0.717) is 6.54 Å². The molecular formula is C40H40N2O. The van der Waals surface area contributed by atoms with Crippen molar-refractivity contribution in [2.45, 2.75) is 38.8 Å². The molecule has 1 saturated carbocycles. The number of allylic oxidation sites excluding steroid dienone is 2. The van der Waals surface area contributed by atoms with Crippen molar-refractivity contribution in [3.8, 4) is 0 Å². The first-order chi connectivity index (χ1) is 21.0. The highest BCUT2D eigenvalue weighted by Crippen LogP contribution is 2.55. The minimum atomic E-state index is 0.0308. The molecule has 2 aliphatic heterocycles. The number of hydrogen-bond acceptors (Lipinski definition) is 3. The van der Waals surface area contributed by atoms with Gasteiger partial charge in [0.2, 0.25) is 0 Å². The molecule has 216 valence electrons. The van der Waals surface area contributed by atoms with Gasteiger partial charge in [-0.05, 0) is 65.7 Å². The second kappa shape index (κ2) is 11.6. The van der Waals surface area contributed by atoms with Crippen molar-refractivity contribution >= 4 is 5.78 Å². The molecule has 1 aliphatic carbocycles. The van der Waals surface area contributed by atoms with E-state index >= 15 is 0 Å². The summed E-state index contributed by atoms with van der Waals surface area (Å²) in [4.78, 5) is 19.0. The maximum Gasteiger partial charge on any atom is 0.172 e. The smallest absolute Gasteiger partial charge is 0.172 e. The van der Waals surface area contributed by atoms with Gasteiger partial charge in [-0.1, -0.05) is 127 Å². The Labute approximate surface area is 256 Å². The molecule has 4 aromatic carbocycles. The molecule has 3 nitrogen and oxygen atoms in total. The van der Waals surface area contributed by atoms with Crippen LogP contribution in [0.25, 0.3) is 0 Å². The van der Waals surface area contributed by atoms with Crippen LogP contribution in [0.4, 0.5) is 0 Å². The zero-order chi connectivity index (χ0) is 29.4. The highest BCUT2D eigenvalue weighted by Gasteiger charge is 2.51. The van der Waals surface area contributed by atoms with Crippen LogP contribution in [0.5, 0.6) is 0 Å². The van der Waals surface area contributed by atoms with E-state index in [1.165, 1.54) is 39.0 Å². The first kappa shape index (κ1) is 27.8. The quantitative estimate of drug-likeness (QED) is 0.236. The number of benzene rings is 4. The van der Waals surface area contributed by atoms with Gasteiger partial charge < -0.3 is 0 Å². The summed E-state index contributed by atoms with van der Waals surface area (Å²) in [6.07, 6.45) is 2.06. The molecule has 0 atom stereocenters. The van der Waals surface area contributed by atoms with E-state index < -0.39 is 0 Å². The fourth-order valence-corrected chi connectivity index (χ4v) is 7.89. The van der Waals surface area contributed by atoms with Crippen LogP contribution in [0, 0.1) is 5.41 Å². The summed E-state index contributed by atoms with van der Waals surface area (Å²) in [6.45, 7) is 7.71. The Hall–Kier alpha value is -4.05. The maximum atomic E-state index is 13.9. The topological polar surface area (TPSA) is 23.6 Å². The Morgan fingerprint density at radius 1 is 0.535 bits per heavy atom. The van der Waals surface area contributed by atoms with Crippen LogP contribution in [-0.4, -0.2) is 41.8 Å². The summed E-state index contributed by atoms with van der Waals surface area (Å²) < 4.78 is 0. The largest absolute Gasteiger partial charge is 0.293 e. The number of likely N-dealkylation sites (tertiary alicyclic amines) is 1. The van der Waals surface area contributed by atoms with Gasteiger partial charge in [-0.3, -0.25) is 14.6 Å². The van der Waals surface area contributed by atoms with Crippen molar-refractivity contribution in [2.75, 3.05) is 26.2 Å². The number of carbonyl (C=O) groups excluding carboxylic acids is 1. The number of fused-ring (bicyclic) bond motifs is 1. The molecule has 3 heteroatoms. The van der Waals surface area contributed by atoms with Crippen molar-refractivity contribution in [3.05, 3.63) is 166 Å². The van der Waals surface area contributed by atoms with E-state index in [4.69, 9.17) is 0 Å². The van der Waals surface area contributed by atoms with Crippen molar-refractivity contribution in [1.82, 2.24) is 9.80 Å². The molecule has 2 fully saturated rings. The SMILES string of the molecule is CC1=C2CC3(CC2=C(C)C(=O)CN(C(c2ccccc2)c2ccccc2)C1)CN(C(c1ccccc1)c1ccccc1)C3. The van der Waals surface area contributed by atoms with Gasteiger partial charge in [-0.25, -0.2) is 0 Å². The average Bonchev–Trinajstić information content (AvgIpc) is 3.44. The second-order valence-corrected chi connectivity index (χ2v) is 12.9. The van der Waals surface area contributed by atoms with Gasteiger partial charge in [0.05, 0.1) is 18.6 Å². The zero-order valence-corrected chi connectivity index (χ0v) is 25.2. The molecule has 3 aliphatic rings. The van der Waals surface area contributed by atoms with Crippen LogP contribution in [-0.2, 0) is 4.79 Å². The van der Waals surface area contributed by atoms with Crippen molar-refractivity contribution < 1.29 is 4.79 Å². The Balaban J connectivity index is 1.19. The van der Waals surface area contributed by atoms with Crippen molar-refractivity contribution in [2.24, 2.45) is 5.41 Å². The fraction of sp³-hybridized carbons (Fsp3) is 0.275. The molecule has 43 heavy (non-hydrogen) atoms. The number of nitrogens with zero attached hydrogens (tertiary/aromatic N) is 2. The maximum absolute atomic E-state index is 13.9. The molecule has 2 heterocycles. The molecular weight excluding hydrogens is 524 g/mol. The average molecular weight is 565 g/mol. The van der Waals surface area contributed by atoms with E-state index in [9.17, 15) is 4.79 Å².